The van der Waals surface area contributed by atoms with Gasteiger partial charge in [0.25, 0.3) is 0 Å². The molecule has 0 aliphatic heterocycles. The van der Waals surface area contributed by atoms with Crippen LogP contribution in [0.5, 0.6) is 0 Å². The summed E-state index contributed by atoms with van der Waals surface area (Å²) in [6.07, 6.45) is 1.88. The molecule has 2 aromatic rings. The zero-order valence-electron chi connectivity index (χ0n) is 10.0. The number of benzene rings is 1. The van der Waals surface area contributed by atoms with Crippen LogP contribution in [-0.4, -0.2) is 20.8 Å². The Morgan fingerprint density at radius 3 is 2.67 bits per heavy atom. The summed E-state index contributed by atoms with van der Waals surface area (Å²) >= 11 is 0. The summed E-state index contributed by atoms with van der Waals surface area (Å²) in [5.41, 5.74) is 7.27. The maximum absolute atomic E-state index is 8.55. The van der Waals surface area contributed by atoms with Crippen molar-refractivity contribution in [1.82, 2.24) is 9.78 Å². The van der Waals surface area contributed by atoms with Gasteiger partial charge in [0.05, 0.1) is 0 Å². The number of anilines is 1. The number of hydrogen-bond donors (Lipinski definition) is 3. The van der Waals surface area contributed by atoms with Gasteiger partial charge in [-0.05, 0) is 5.56 Å². The number of aromatic nitrogens is 2. The van der Waals surface area contributed by atoms with Gasteiger partial charge in [-0.15, -0.1) is 0 Å². The molecule has 6 nitrogen and oxygen atoms in total. The van der Waals surface area contributed by atoms with Crippen LogP contribution in [-0.2, 0) is 13.6 Å². The summed E-state index contributed by atoms with van der Waals surface area (Å²) in [5.74, 6) is 0.942. The summed E-state index contributed by atoms with van der Waals surface area (Å²) in [4.78, 5) is 0. The van der Waals surface area contributed by atoms with Gasteiger partial charge in [-0.25, -0.2) is 0 Å². The van der Waals surface area contributed by atoms with Gasteiger partial charge in [0.15, 0.2) is 5.84 Å². The molecule has 0 radical (unpaired) electrons. The number of nitrogens with zero attached hydrogens (tertiary/aromatic N) is 3. The van der Waals surface area contributed by atoms with Gasteiger partial charge in [0.2, 0.25) is 0 Å². The fraction of sp³-hybridized carbons (Fsp3) is 0.167. The van der Waals surface area contributed by atoms with E-state index in [0.717, 1.165) is 11.4 Å². The largest absolute Gasteiger partial charge is 0.409 e. The topological polar surface area (TPSA) is 88.5 Å². The van der Waals surface area contributed by atoms with Gasteiger partial charge >= 0.3 is 0 Å². The molecule has 18 heavy (non-hydrogen) atoms. The zero-order valence-corrected chi connectivity index (χ0v) is 10.0. The molecular formula is C12H15N5O. The van der Waals surface area contributed by atoms with E-state index in [4.69, 9.17) is 10.9 Å². The second-order valence-electron chi connectivity index (χ2n) is 3.91. The first kappa shape index (κ1) is 12.0. The second-order valence-corrected chi connectivity index (χ2v) is 3.91. The molecule has 0 bridgehead atoms. The van der Waals surface area contributed by atoms with Crippen LogP contribution >= 0.6 is 0 Å². The Balaban J connectivity index is 1.98. The molecule has 2 rings (SSSR count). The normalized spacial score (nSPS) is 11.5. The van der Waals surface area contributed by atoms with Crippen molar-refractivity contribution in [2.45, 2.75) is 6.54 Å². The van der Waals surface area contributed by atoms with Crippen molar-refractivity contribution in [3.05, 3.63) is 47.7 Å². The fourth-order valence-corrected chi connectivity index (χ4v) is 1.55. The molecule has 4 N–H and O–H groups in total. The van der Waals surface area contributed by atoms with Gasteiger partial charge in [-0.2, -0.15) is 5.10 Å². The lowest BCUT2D eigenvalue weighted by Gasteiger charge is -2.04. The molecule has 1 aromatic heterocycles. The number of hydrogen-bond acceptors (Lipinski definition) is 4. The zero-order chi connectivity index (χ0) is 13.0. The van der Waals surface area contributed by atoms with Gasteiger partial charge in [0.1, 0.15) is 5.82 Å². The van der Waals surface area contributed by atoms with Gasteiger partial charge in [-0.3, -0.25) is 4.68 Å². The molecule has 1 heterocycles. The van der Waals surface area contributed by atoms with Crippen LogP contribution in [0.2, 0.25) is 0 Å². The fourth-order valence-electron chi connectivity index (χ4n) is 1.55. The van der Waals surface area contributed by atoms with E-state index in [2.05, 4.69) is 15.6 Å². The molecule has 0 unspecified atom stereocenters. The van der Waals surface area contributed by atoms with E-state index in [1.165, 1.54) is 0 Å². The van der Waals surface area contributed by atoms with E-state index in [1.54, 1.807) is 4.68 Å². The molecule has 6 heteroatoms. The first-order valence-electron chi connectivity index (χ1n) is 5.49. The van der Waals surface area contributed by atoms with Crippen LogP contribution in [0.1, 0.15) is 11.1 Å². The summed E-state index contributed by atoms with van der Waals surface area (Å²) in [6.45, 7) is 0.674. The molecule has 0 spiro atoms. The molecule has 1 aromatic carbocycles. The molecule has 0 saturated heterocycles. The Kier molecular flexibility index (Phi) is 3.47. The molecule has 0 aliphatic rings. The standard InChI is InChI=1S/C12H15N5O/c1-17-7-6-11(15-17)14-8-9-2-4-10(5-3-9)12(13)16-18/h2-7,18H,8H2,1H3,(H2,13,16)(H,14,15). The van der Waals surface area contributed by atoms with Crippen molar-refractivity contribution in [2.24, 2.45) is 17.9 Å². The van der Waals surface area contributed by atoms with Gasteiger partial charge < -0.3 is 16.3 Å². The lowest BCUT2D eigenvalue weighted by atomic mass is 10.1. The van der Waals surface area contributed by atoms with Crippen molar-refractivity contribution in [3.8, 4) is 0 Å². The smallest absolute Gasteiger partial charge is 0.170 e. The average Bonchev–Trinajstić information content (AvgIpc) is 2.82. The predicted octanol–water partition coefficient (Wildman–Crippen LogP) is 1.13. The summed E-state index contributed by atoms with van der Waals surface area (Å²) < 4.78 is 1.74. The Morgan fingerprint density at radius 2 is 2.11 bits per heavy atom. The number of aryl methyl sites for hydroxylation is 1. The van der Waals surface area contributed by atoms with Crippen LogP contribution < -0.4 is 11.1 Å². The first-order valence-corrected chi connectivity index (χ1v) is 5.49. The van der Waals surface area contributed by atoms with Crippen molar-refractivity contribution in [1.29, 1.82) is 0 Å². The highest BCUT2D eigenvalue weighted by atomic mass is 16.4. The van der Waals surface area contributed by atoms with Crippen molar-refractivity contribution in [2.75, 3.05) is 5.32 Å². The molecule has 0 amide bonds. The first-order chi connectivity index (χ1) is 8.69. The third-order valence-electron chi connectivity index (χ3n) is 2.54. The summed E-state index contributed by atoms with van der Waals surface area (Å²) in [7, 11) is 1.87. The Bertz CT molecular complexity index is 544. The minimum absolute atomic E-state index is 0.110. The Hall–Kier alpha value is -2.50. The lowest BCUT2D eigenvalue weighted by Crippen LogP contribution is -2.13. The van der Waals surface area contributed by atoms with Crippen molar-refractivity contribution >= 4 is 11.7 Å². The molecule has 0 aliphatic carbocycles. The highest BCUT2D eigenvalue weighted by Crippen LogP contribution is 2.07. The van der Waals surface area contributed by atoms with Crippen LogP contribution in [0.4, 0.5) is 5.82 Å². The molecular weight excluding hydrogens is 230 g/mol. The number of nitrogens with one attached hydrogen (secondary N) is 1. The van der Waals surface area contributed by atoms with Gasteiger partial charge in [-0.1, -0.05) is 29.4 Å². The molecule has 94 valence electrons. The van der Waals surface area contributed by atoms with Crippen LogP contribution in [0.25, 0.3) is 0 Å². The molecule has 0 saturated carbocycles. The quantitative estimate of drug-likeness (QED) is 0.326. The Morgan fingerprint density at radius 1 is 1.39 bits per heavy atom. The summed E-state index contributed by atoms with van der Waals surface area (Å²) in [6, 6.07) is 9.37. The maximum atomic E-state index is 8.55. The van der Waals surface area contributed by atoms with E-state index in [9.17, 15) is 0 Å². The maximum Gasteiger partial charge on any atom is 0.170 e. The van der Waals surface area contributed by atoms with Crippen LogP contribution in [0, 0.1) is 0 Å². The van der Waals surface area contributed by atoms with E-state index >= 15 is 0 Å². The van der Waals surface area contributed by atoms with Crippen molar-refractivity contribution < 1.29 is 5.21 Å². The highest BCUT2D eigenvalue weighted by molar-refractivity contribution is 5.96. The second kappa shape index (κ2) is 5.22. The Labute approximate surface area is 105 Å². The third-order valence-corrected chi connectivity index (χ3v) is 2.54. The predicted molar refractivity (Wildman–Crippen MR) is 69.5 cm³/mol. The molecule has 0 atom stereocenters. The minimum Gasteiger partial charge on any atom is -0.409 e. The lowest BCUT2D eigenvalue weighted by molar-refractivity contribution is 0.318. The number of oxime groups is 1. The molecule has 0 fully saturated rings. The number of nitrogens with two attached hydrogens (primary N) is 1. The number of rotatable bonds is 4. The van der Waals surface area contributed by atoms with E-state index in [0.29, 0.717) is 12.1 Å². The van der Waals surface area contributed by atoms with E-state index < -0.39 is 0 Å². The van der Waals surface area contributed by atoms with Crippen LogP contribution in [0.15, 0.2) is 41.7 Å². The monoisotopic (exact) mass is 245 g/mol. The van der Waals surface area contributed by atoms with Gasteiger partial charge in [0, 0.05) is 31.4 Å². The third kappa shape index (κ3) is 2.79. The van der Waals surface area contributed by atoms with E-state index in [1.807, 2.05) is 43.6 Å². The highest BCUT2D eigenvalue weighted by Gasteiger charge is 2.00. The van der Waals surface area contributed by atoms with E-state index in [-0.39, 0.29) is 5.84 Å². The average molecular weight is 245 g/mol. The summed E-state index contributed by atoms with van der Waals surface area (Å²) in [5, 5.41) is 18.9. The van der Waals surface area contributed by atoms with Crippen molar-refractivity contribution in [3.63, 3.8) is 0 Å². The van der Waals surface area contributed by atoms with Crippen LogP contribution in [0.3, 0.4) is 0 Å². The number of amidine groups is 1. The SMILES string of the molecule is Cn1ccc(NCc2ccc(C(N)=NO)cc2)n1. The minimum atomic E-state index is 0.110.